The van der Waals surface area contributed by atoms with Crippen molar-refractivity contribution in [1.29, 1.82) is 0 Å². The molecule has 0 saturated heterocycles. The van der Waals surface area contributed by atoms with Gasteiger partial charge in [-0.2, -0.15) is 0 Å². The molecule has 0 aromatic heterocycles. The molecule has 0 radical (unpaired) electrons. The van der Waals surface area contributed by atoms with Crippen LogP contribution in [0.5, 0.6) is 0 Å². The summed E-state index contributed by atoms with van der Waals surface area (Å²) in [5.74, 6) is -0.0483. The van der Waals surface area contributed by atoms with Gasteiger partial charge >= 0.3 is 5.97 Å². The maximum Gasteiger partial charge on any atom is 0.305 e. The van der Waals surface area contributed by atoms with Crippen LogP contribution in [0.15, 0.2) is 12.2 Å². The SMILES string of the molecule is CCCCCCCCCCCCCCC/C=C/C(O)C(CO)NC(=O)CCCCCCCCCCCCCCCCCCCCCCCCCOC(=O)CCCCCCCCCCCCCCCC. The molecule has 69 heavy (non-hydrogen) atoms. The van der Waals surface area contributed by atoms with Crippen molar-refractivity contribution in [2.45, 2.75) is 366 Å². The zero-order valence-electron chi connectivity index (χ0n) is 46.8. The number of aliphatic hydroxyl groups is 2. The lowest BCUT2D eigenvalue weighted by atomic mass is 10.0. The smallest absolute Gasteiger partial charge is 0.305 e. The number of hydrogen-bond acceptors (Lipinski definition) is 5. The minimum Gasteiger partial charge on any atom is -0.466 e. The van der Waals surface area contributed by atoms with Gasteiger partial charge in [0.1, 0.15) is 0 Å². The van der Waals surface area contributed by atoms with E-state index < -0.39 is 12.1 Å². The maximum absolute atomic E-state index is 12.5. The summed E-state index contributed by atoms with van der Waals surface area (Å²) in [6, 6.07) is -0.626. The lowest BCUT2D eigenvalue weighted by molar-refractivity contribution is -0.143. The van der Waals surface area contributed by atoms with E-state index >= 15 is 0 Å². The van der Waals surface area contributed by atoms with Gasteiger partial charge in [0, 0.05) is 12.8 Å². The molecule has 3 N–H and O–H groups in total. The summed E-state index contributed by atoms with van der Waals surface area (Å²) in [6.07, 6.45) is 71.1. The zero-order chi connectivity index (χ0) is 50.0. The first-order valence-electron chi connectivity index (χ1n) is 31.5. The van der Waals surface area contributed by atoms with Crippen LogP contribution in [0.2, 0.25) is 0 Å². The van der Waals surface area contributed by atoms with Crippen LogP contribution >= 0.6 is 0 Å². The van der Waals surface area contributed by atoms with Gasteiger partial charge in [0.05, 0.1) is 25.4 Å². The number of hydrogen-bond donors (Lipinski definition) is 3. The van der Waals surface area contributed by atoms with Crippen molar-refractivity contribution in [2.24, 2.45) is 0 Å². The van der Waals surface area contributed by atoms with Gasteiger partial charge in [-0.25, -0.2) is 0 Å². The molecule has 0 aliphatic heterocycles. The average molecular weight is 975 g/mol. The molecule has 0 fully saturated rings. The Morgan fingerprint density at radius 2 is 0.667 bits per heavy atom. The van der Waals surface area contributed by atoms with E-state index in [1.165, 1.54) is 289 Å². The number of unbranched alkanes of at least 4 members (excludes halogenated alkanes) is 48. The van der Waals surface area contributed by atoms with Gasteiger partial charge in [-0.1, -0.05) is 321 Å². The molecule has 0 aliphatic rings. The topological polar surface area (TPSA) is 95.9 Å². The second-order valence-electron chi connectivity index (χ2n) is 21.8. The van der Waals surface area contributed by atoms with Crippen molar-refractivity contribution in [3.63, 3.8) is 0 Å². The highest BCUT2D eigenvalue weighted by atomic mass is 16.5. The largest absolute Gasteiger partial charge is 0.466 e. The highest BCUT2D eigenvalue weighted by Gasteiger charge is 2.18. The molecule has 0 bridgehead atoms. The molecule has 0 aliphatic carbocycles. The van der Waals surface area contributed by atoms with Crippen LogP contribution in [0.25, 0.3) is 0 Å². The molecule has 1 amide bonds. The highest BCUT2D eigenvalue weighted by molar-refractivity contribution is 5.76. The molecule has 0 saturated carbocycles. The van der Waals surface area contributed by atoms with Crippen LogP contribution in [0.3, 0.4) is 0 Å². The Bertz CT molecular complexity index is 1030. The summed E-state index contributed by atoms with van der Waals surface area (Å²) in [7, 11) is 0. The molecule has 0 aromatic rings. The quantitative estimate of drug-likeness (QED) is 0.0321. The molecular formula is C63H123NO5. The number of ether oxygens (including phenoxy) is 1. The number of amides is 1. The molecule has 410 valence electrons. The Morgan fingerprint density at radius 1 is 0.391 bits per heavy atom. The molecule has 0 rings (SSSR count). The van der Waals surface area contributed by atoms with Crippen LogP contribution in [0, 0.1) is 0 Å². The van der Waals surface area contributed by atoms with Crippen molar-refractivity contribution in [3.05, 3.63) is 12.2 Å². The van der Waals surface area contributed by atoms with Crippen LogP contribution in [0.1, 0.15) is 354 Å². The molecule has 6 nitrogen and oxygen atoms in total. The summed E-state index contributed by atoms with van der Waals surface area (Å²) >= 11 is 0. The summed E-state index contributed by atoms with van der Waals surface area (Å²) in [4.78, 5) is 24.5. The fourth-order valence-corrected chi connectivity index (χ4v) is 9.99. The third-order valence-electron chi connectivity index (χ3n) is 14.8. The van der Waals surface area contributed by atoms with Crippen LogP contribution in [-0.2, 0) is 14.3 Å². The second-order valence-corrected chi connectivity index (χ2v) is 21.8. The Morgan fingerprint density at radius 3 is 0.986 bits per heavy atom. The number of nitrogens with one attached hydrogen (secondary N) is 1. The van der Waals surface area contributed by atoms with E-state index in [-0.39, 0.29) is 18.5 Å². The van der Waals surface area contributed by atoms with E-state index in [9.17, 15) is 19.8 Å². The summed E-state index contributed by atoms with van der Waals surface area (Å²) in [5.41, 5.74) is 0. The first-order chi connectivity index (χ1) is 34.0. The van der Waals surface area contributed by atoms with Gasteiger partial charge in [-0.15, -0.1) is 0 Å². The Labute approximate surface area is 431 Å². The highest BCUT2D eigenvalue weighted by Crippen LogP contribution is 2.18. The van der Waals surface area contributed by atoms with E-state index in [2.05, 4.69) is 19.2 Å². The lowest BCUT2D eigenvalue weighted by Gasteiger charge is -2.20. The minimum atomic E-state index is -0.843. The molecule has 0 spiro atoms. The number of carbonyl (C=O) groups is 2. The Hall–Kier alpha value is -1.40. The van der Waals surface area contributed by atoms with Crippen molar-refractivity contribution in [3.8, 4) is 0 Å². The predicted molar refractivity (Wildman–Crippen MR) is 301 cm³/mol. The van der Waals surface area contributed by atoms with Crippen LogP contribution in [0.4, 0.5) is 0 Å². The van der Waals surface area contributed by atoms with Gasteiger partial charge in [-0.05, 0) is 32.1 Å². The monoisotopic (exact) mass is 974 g/mol. The van der Waals surface area contributed by atoms with Crippen molar-refractivity contribution in [1.82, 2.24) is 5.32 Å². The average Bonchev–Trinajstić information content (AvgIpc) is 3.35. The lowest BCUT2D eigenvalue weighted by Crippen LogP contribution is -2.45. The van der Waals surface area contributed by atoms with E-state index in [0.717, 1.165) is 38.5 Å². The van der Waals surface area contributed by atoms with Crippen molar-refractivity contribution in [2.75, 3.05) is 13.2 Å². The normalized spacial score (nSPS) is 12.6. The Kier molecular flexibility index (Phi) is 58.0. The molecular weight excluding hydrogens is 851 g/mol. The van der Waals surface area contributed by atoms with Crippen LogP contribution in [-0.4, -0.2) is 47.4 Å². The number of aliphatic hydroxyl groups excluding tert-OH is 2. The number of esters is 1. The van der Waals surface area contributed by atoms with Gasteiger partial charge < -0.3 is 20.3 Å². The first-order valence-corrected chi connectivity index (χ1v) is 31.5. The second kappa shape index (κ2) is 59.2. The predicted octanol–water partition coefficient (Wildman–Crippen LogP) is 19.6. The van der Waals surface area contributed by atoms with E-state index in [0.29, 0.717) is 19.4 Å². The fourth-order valence-electron chi connectivity index (χ4n) is 9.99. The minimum absolute atomic E-state index is 0.0168. The van der Waals surface area contributed by atoms with Crippen molar-refractivity contribution < 1.29 is 24.5 Å². The van der Waals surface area contributed by atoms with Gasteiger partial charge in [0.25, 0.3) is 0 Å². The van der Waals surface area contributed by atoms with E-state index in [4.69, 9.17) is 4.74 Å². The van der Waals surface area contributed by atoms with Crippen molar-refractivity contribution >= 4 is 11.9 Å². The maximum atomic E-state index is 12.5. The number of allylic oxidation sites excluding steroid dienone is 1. The van der Waals surface area contributed by atoms with Gasteiger partial charge in [0.15, 0.2) is 0 Å². The number of carbonyl (C=O) groups excluding carboxylic acids is 2. The molecule has 0 aromatic carbocycles. The third kappa shape index (κ3) is 55.8. The molecule has 2 atom stereocenters. The van der Waals surface area contributed by atoms with E-state index in [1.807, 2.05) is 6.08 Å². The molecule has 2 unspecified atom stereocenters. The Balaban J connectivity index is 3.38. The first kappa shape index (κ1) is 67.6. The third-order valence-corrected chi connectivity index (χ3v) is 14.8. The molecule has 0 heterocycles. The zero-order valence-corrected chi connectivity index (χ0v) is 46.8. The van der Waals surface area contributed by atoms with Gasteiger partial charge in [0.2, 0.25) is 5.91 Å². The number of rotatable bonds is 59. The van der Waals surface area contributed by atoms with Crippen LogP contribution < -0.4 is 5.32 Å². The summed E-state index contributed by atoms with van der Waals surface area (Å²) < 4.78 is 5.49. The van der Waals surface area contributed by atoms with Gasteiger partial charge in [-0.3, -0.25) is 9.59 Å². The summed E-state index contributed by atoms with van der Waals surface area (Å²) in [5, 5.41) is 23.1. The van der Waals surface area contributed by atoms with E-state index in [1.54, 1.807) is 6.08 Å². The fraction of sp³-hybridized carbons (Fsp3) is 0.937. The standard InChI is InChI=1S/C63H123NO5/c1-3-5-7-9-11-13-15-17-28-31-35-39-43-47-51-55-61(66)60(59-65)64-62(67)56-52-48-44-40-36-32-29-26-24-22-20-19-21-23-25-27-30-34-38-42-46-50-54-58-69-63(68)57-53-49-45-41-37-33-18-16-14-12-10-8-6-4-2/h51,55,60-61,65-66H,3-50,52-54,56-59H2,1-2H3,(H,64,67)/b55-51+. The summed E-state index contributed by atoms with van der Waals surface area (Å²) in [6.45, 7) is 4.93. The molecule has 6 heteroatoms.